The monoisotopic (exact) mass is 388 g/mol. The van der Waals surface area contributed by atoms with Gasteiger partial charge in [-0.2, -0.15) is 0 Å². The van der Waals surface area contributed by atoms with Crippen molar-refractivity contribution in [1.82, 2.24) is 10.6 Å². The van der Waals surface area contributed by atoms with Gasteiger partial charge in [0.25, 0.3) is 11.8 Å². The summed E-state index contributed by atoms with van der Waals surface area (Å²) in [6.07, 6.45) is 0. The number of phenolic OH excluding ortho intramolecular Hbond substituents is 1. The molecule has 146 valence electrons. The number of carbonyl (C=O) groups excluding carboxylic acids is 3. The maximum Gasteiger partial charge on any atom is 0.255 e. The molecule has 29 heavy (non-hydrogen) atoms. The van der Waals surface area contributed by atoms with E-state index in [-0.39, 0.29) is 35.7 Å². The molecule has 0 saturated heterocycles. The van der Waals surface area contributed by atoms with Gasteiger partial charge >= 0.3 is 0 Å². The summed E-state index contributed by atoms with van der Waals surface area (Å²) in [5.74, 6) is -1.18. The number of benzene rings is 3. The van der Waals surface area contributed by atoms with E-state index in [1.165, 1.54) is 12.1 Å². The van der Waals surface area contributed by atoms with Gasteiger partial charge in [0.05, 0.1) is 11.1 Å². The van der Waals surface area contributed by atoms with Crippen LogP contribution in [0.2, 0.25) is 0 Å². The number of hydrogen-bond donors (Lipinski definition) is 3. The number of rotatable bonds is 7. The van der Waals surface area contributed by atoms with Gasteiger partial charge in [0.2, 0.25) is 0 Å². The molecule has 0 heterocycles. The SMILES string of the molecule is O=C(NCCNC(=O)c1ccccc1C(=O)c1ccccc1)c1ccccc1O. The molecule has 0 radical (unpaired) electrons. The standard InChI is InChI=1S/C23H20N2O4/c26-20-13-7-6-12-19(20)23(29)25-15-14-24-22(28)18-11-5-4-10-17(18)21(27)16-8-2-1-3-9-16/h1-13,26H,14-15H2,(H,24,28)(H,25,29). The molecule has 3 rings (SSSR count). The first-order chi connectivity index (χ1) is 14.1. The third-order valence-electron chi connectivity index (χ3n) is 4.30. The van der Waals surface area contributed by atoms with Crippen molar-refractivity contribution in [2.24, 2.45) is 0 Å². The first-order valence-corrected chi connectivity index (χ1v) is 9.11. The molecule has 6 heteroatoms. The number of phenols is 1. The fourth-order valence-corrected chi connectivity index (χ4v) is 2.83. The average molecular weight is 388 g/mol. The Kier molecular flexibility index (Phi) is 6.37. The fourth-order valence-electron chi connectivity index (χ4n) is 2.83. The zero-order valence-corrected chi connectivity index (χ0v) is 15.6. The van der Waals surface area contributed by atoms with E-state index in [0.717, 1.165) is 0 Å². The molecular weight excluding hydrogens is 368 g/mol. The fraction of sp³-hybridized carbons (Fsp3) is 0.0870. The molecule has 0 saturated carbocycles. The highest BCUT2D eigenvalue weighted by molar-refractivity contribution is 6.15. The van der Waals surface area contributed by atoms with E-state index in [4.69, 9.17) is 0 Å². The summed E-state index contributed by atoms with van der Waals surface area (Å²) in [5.41, 5.74) is 1.25. The normalized spacial score (nSPS) is 10.2. The third-order valence-corrected chi connectivity index (χ3v) is 4.30. The predicted octanol–water partition coefficient (Wildman–Crippen LogP) is 2.78. The van der Waals surface area contributed by atoms with Crippen molar-refractivity contribution in [3.63, 3.8) is 0 Å². The highest BCUT2D eigenvalue weighted by Gasteiger charge is 2.17. The van der Waals surface area contributed by atoms with Gasteiger partial charge in [0.1, 0.15) is 5.75 Å². The predicted molar refractivity (Wildman–Crippen MR) is 109 cm³/mol. The van der Waals surface area contributed by atoms with Crippen LogP contribution in [-0.2, 0) is 0 Å². The molecule has 0 aliphatic rings. The summed E-state index contributed by atoms with van der Waals surface area (Å²) in [6, 6.07) is 21.6. The molecule has 6 nitrogen and oxygen atoms in total. The van der Waals surface area contributed by atoms with Crippen LogP contribution in [0.15, 0.2) is 78.9 Å². The van der Waals surface area contributed by atoms with Crippen LogP contribution in [0.1, 0.15) is 36.6 Å². The van der Waals surface area contributed by atoms with Gasteiger partial charge < -0.3 is 15.7 Å². The van der Waals surface area contributed by atoms with Crippen molar-refractivity contribution < 1.29 is 19.5 Å². The van der Waals surface area contributed by atoms with Crippen LogP contribution in [0, 0.1) is 0 Å². The van der Waals surface area contributed by atoms with Crippen LogP contribution in [0.4, 0.5) is 0 Å². The van der Waals surface area contributed by atoms with Crippen molar-refractivity contribution in [1.29, 1.82) is 0 Å². The number of hydrogen-bond acceptors (Lipinski definition) is 4. The Morgan fingerprint density at radius 2 is 1.10 bits per heavy atom. The Morgan fingerprint density at radius 1 is 0.621 bits per heavy atom. The molecule has 3 aromatic carbocycles. The Morgan fingerprint density at radius 3 is 1.72 bits per heavy atom. The van der Waals surface area contributed by atoms with E-state index in [1.807, 2.05) is 6.07 Å². The molecule has 0 spiro atoms. The molecule has 0 unspecified atom stereocenters. The lowest BCUT2D eigenvalue weighted by atomic mass is 9.98. The molecule has 0 aromatic heterocycles. The zero-order valence-electron chi connectivity index (χ0n) is 15.6. The topological polar surface area (TPSA) is 95.5 Å². The van der Waals surface area contributed by atoms with Gasteiger partial charge in [-0.25, -0.2) is 0 Å². The lowest BCUT2D eigenvalue weighted by molar-refractivity contribution is 0.0923. The van der Waals surface area contributed by atoms with Crippen LogP contribution in [0.5, 0.6) is 5.75 Å². The molecule has 0 aliphatic heterocycles. The largest absolute Gasteiger partial charge is 0.507 e. The minimum atomic E-state index is -0.433. The van der Waals surface area contributed by atoms with Crippen LogP contribution >= 0.6 is 0 Å². The second-order valence-electron chi connectivity index (χ2n) is 6.27. The first kappa shape index (κ1) is 19.8. The van der Waals surface area contributed by atoms with E-state index in [0.29, 0.717) is 11.1 Å². The minimum absolute atomic E-state index is 0.109. The number of amides is 2. The molecule has 2 amide bonds. The molecule has 0 aliphatic carbocycles. The summed E-state index contributed by atoms with van der Waals surface area (Å²) in [7, 11) is 0. The van der Waals surface area contributed by atoms with E-state index < -0.39 is 11.8 Å². The third kappa shape index (κ3) is 4.87. The van der Waals surface area contributed by atoms with Crippen molar-refractivity contribution >= 4 is 17.6 Å². The minimum Gasteiger partial charge on any atom is -0.507 e. The van der Waals surface area contributed by atoms with Crippen LogP contribution < -0.4 is 10.6 Å². The van der Waals surface area contributed by atoms with Gasteiger partial charge in [-0.05, 0) is 18.2 Å². The molecule has 0 atom stereocenters. The molecule has 3 aromatic rings. The second kappa shape index (κ2) is 9.32. The van der Waals surface area contributed by atoms with E-state index in [1.54, 1.807) is 60.7 Å². The summed E-state index contributed by atoms with van der Waals surface area (Å²) < 4.78 is 0. The van der Waals surface area contributed by atoms with Gasteiger partial charge in [-0.3, -0.25) is 14.4 Å². The highest BCUT2D eigenvalue weighted by atomic mass is 16.3. The molecular formula is C23H20N2O4. The Labute approximate surface area is 168 Å². The quantitative estimate of drug-likeness (QED) is 0.428. The Bertz CT molecular complexity index is 1030. The number of para-hydroxylation sites is 1. The van der Waals surface area contributed by atoms with Gasteiger partial charge in [-0.1, -0.05) is 60.7 Å². The zero-order chi connectivity index (χ0) is 20.6. The van der Waals surface area contributed by atoms with Crippen LogP contribution in [-0.4, -0.2) is 35.8 Å². The Balaban J connectivity index is 1.60. The lowest BCUT2D eigenvalue weighted by Crippen LogP contribution is -2.35. The number of ketones is 1. The van der Waals surface area contributed by atoms with Gasteiger partial charge in [-0.15, -0.1) is 0 Å². The summed E-state index contributed by atoms with van der Waals surface area (Å²) in [5, 5.41) is 15.0. The first-order valence-electron chi connectivity index (χ1n) is 9.11. The lowest BCUT2D eigenvalue weighted by Gasteiger charge is -2.11. The van der Waals surface area contributed by atoms with Gasteiger partial charge in [0, 0.05) is 24.2 Å². The second-order valence-corrected chi connectivity index (χ2v) is 6.27. The van der Waals surface area contributed by atoms with Crippen LogP contribution in [0.25, 0.3) is 0 Å². The van der Waals surface area contributed by atoms with Crippen molar-refractivity contribution in [2.75, 3.05) is 13.1 Å². The van der Waals surface area contributed by atoms with E-state index in [2.05, 4.69) is 10.6 Å². The summed E-state index contributed by atoms with van der Waals surface area (Å²) in [6.45, 7) is 0.347. The van der Waals surface area contributed by atoms with Crippen LogP contribution in [0.3, 0.4) is 0 Å². The maximum absolute atomic E-state index is 12.7. The van der Waals surface area contributed by atoms with Gasteiger partial charge in [0.15, 0.2) is 5.78 Å². The van der Waals surface area contributed by atoms with Crippen molar-refractivity contribution in [3.8, 4) is 5.75 Å². The van der Waals surface area contributed by atoms with Crippen molar-refractivity contribution in [3.05, 3.63) is 101 Å². The van der Waals surface area contributed by atoms with Crippen molar-refractivity contribution in [2.45, 2.75) is 0 Å². The highest BCUT2D eigenvalue weighted by Crippen LogP contribution is 2.16. The molecule has 3 N–H and O–H groups in total. The summed E-state index contributed by atoms with van der Waals surface area (Å²) in [4.78, 5) is 37.3. The maximum atomic E-state index is 12.7. The molecule has 0 bridgehead atoms. The number of aromatic hydroxyl groups is 1. The Hall–Kier alpha value is -3.93. The average Bonchev–Trinajstić information content (AvgIpc) is 2.77. The molecule has 0 fully saturated rings. The van der Waals surface area contributed by atoms with E-state index >= 15 is 0 Å². The smallest absolute Gasteiger partial charge is 0.255 e. The number of nitrogens with one attached hydrogen (secondary N) is 2. The number of carbonyl (C=O) groups is 3. The van der Waals surface area contributed by atoms with E-state index in [9.17, 15) is 19.5 Å². The summed E-state index contributed by atoms with van der Waals surface area (Å²) >= 11 is 0.